The fourth-order valence-electron chi connectivity index (χ4n) is 2.23. The van der Waals surface area contributed by atoms with Crippen LogP contribution in [0.2, 0.25) is 0 Å². The van der Waals surface area contributed by atoms with Gasteiger partial charge in [0.2, 0.25) is 0 Å². The molecule has 0 bridgehead atoms. The second kappa shape index (κ2) is 9.08. The third-order valence-corrected chi connectivity index (χ3v) is 3.49. The van der Waals surface area contributed by atoms with Crippen LogP contribution >= 0.6 is 0 Å². The smallest absolute Gasteiger partial charge is 0.326 e. The SMILES string of the molecule is N#CCc1ccc(OCC(=O)NC(Cc2ccccc2)C(=O)O)cc1. The van der Waals surface area contributed by atoms with Crippen LogP contribution in [-0.2, 0) is 22.4 Å². The molecule has 128 valence electrons. The lowest BCUT2D eigenvalue weighted by Gasteiger charge is -2.15. The van der Waals surface area contributed by atoms with Gasteiger partial charge in [-0.3, -0.25) is 4.79 Å². The van der Waals surface area contributed by atoms with Crippen LogP contribution in [0.15, 0.2) is 54.6 Å². The van der Waals surface area contributed by atoms with Gasteiger partial charge in [0.05, 0.1) is 12.5 Å². The van der Waals surface area contributed by atoms with Crippen LogP contribution in [0.1, 0.15) is 11.1 Å². The Morgan fingerprint density at radius 3 is 2.36 bits per heavy atom. The van der Waals surface area contributed by atoms with E-state index in [2.05, 4.69) is 5.32 Å². The predicted molar refractivity (Wildman–Crippen MR) is 91.0 cm³/mol. The van der Waals surface area contributed by atoms with Crippen molar-refractivity contribution in [3.05, 3.63) is 65.7 Å². The van der Waals surface area contributed by atoms with E-state index < -0.39 is 17.9 Å². The van der Waals surface area contributed by atoms with Crippen molar-refractivity contribution >= 4 is 11.9 Å². The number of nitriles is 1. The van der Waals surface area contributed by atoms with Crippen molar-refractivity contribution < 1.29 is 19.4 Å². The number of rotatable bonds is 8. The quantitative estimate of drug-likeness (QED) is 0.766. The maximum absolute atomic E-state index is 11.9. The van der Waals surface area contributed by atoms with Gasteiger partial charge in [0.1, 0.15) is 11.8 Å². The third kappa shape index (κ3) is 5.99. The topological polar surface area (TPSA) is 99.4 Å². The van der Waals surface area contributed by atoms with E-state index in [0.29, 0.717) is 12.2 Å². The standard InChI is InChI=1S/C19H18N2O4/c20-11-10-14-6-8-16(9-7-14)25-13-18(22)21-17(19(23)24)12-15-4-2-1-3-5-15/h1-9,17H,10,12-13H2,(H,21,22)(H,23,24). The summed E-state index contributed by atoms with van der Waals surface area (Å²) in [5.41, 5.74) is 1.68. The Hall–Kier alpha value is -3.33. The summed E-state index contributed by atoms with van der Waals surface area (Å²) in [5.74, 6) is -1.13. The molecule has 0 fully saturated rings. The number of carbonyl (C=O) groups excluding carboxylic acids is 1. The van der Waals surface area contributed by atoms with Crippen LogP contribution in [0.5, 0.6) is 5.75 Å². The summed E-state index contributed by atoms with van der Waals surface area (Å²) in [7, 11) is 0. The molecule has 0 aliphatic heterocycles. The van der Waals surface area contributed by atoms with Gasteiger partial charge in [-0.1, -0.05) is 42.5 Å². The van der Waals surface area contributed by atoms with E-state index in [4.69, 9.17) is 10.00 Å². The summed E-state index contributed by atoms with van der Waals surface area (Å²) in [6.07, 6.45) is 0.505. The second-order valence-electron chi connectivity index (χ2n) is 5.42. The molecular formula is C19H18N2O4. The maximum Gasteiger partial charge on any atom is 0.326 e. The van der Waals surface area contributed by atoms with Gasteiger partial charge in [0.15, 0.2) is 6.61 Å². The Bertz CT molecular complexity index is 751. The molecule has 25 heavy (non-hydrogen) atoms. The summed E-state index contributed by atoms with van der Waals surface area (Å²) < 4.78 is 5.34. The molecule has 2 aromatic carbocycles. The lowest BCUT2D eigenvalue weighted by molar-refractivity contribution is -0.142. The number of hydrogen-bond donors (Lipinski definition) is 2. The van der Waals surface area contributed by atoms with Crippen LogP contribution in [-0.4, -0.2) is 29.6 Å². The molecule has 6 heteroatoms. The van der Waals surface area contributed by atoms with E-state index in [-0.39, 0.29) is 13.0 Å². The first-order valence-corrected chi connectivity index (χ1v) is 7.73. The zero-order valence-electron chi connectivity index (χ0n) is 13.5. The first kappa shape index (κ1) is 18.0. The van der Waals surface area contributed by atoms with Crippen molar-refractivity contribution in [1.29, 1.82) is 5.26 Å². The van der Waals surface area contributed by atoms with Crippen LogP contribution < -0.4 is 10.1 Å². The number of ether oxygens (including phenoxy) is 1. The van der Waals surface area contributed by atoms with E-state index in [1.165, 1.54) is 0 Å². The van der Waals surface area contributed by atoms with Gasteiger partial charge >= 0.3 is 5.97 Å². The number of aliphatic carboxylic acids is 1. The molecule has 6 nitrogen and oxygen atoms in total. The number of hydrogen-bond acceptors (Lipinski definition) is 4. The highest BCUT2D eigenvalue weighted by Crippen LogP contribution is 2.12. The van der Waals surface area contributed by atoms with Crippen LogP contribution in [0.25, 0.3) is 0 Å². The molecule has 2 aromatic rings. The number of carboxylic acid groups (broad SMARTS) is 1. The Morgan fingerprint density at radius 1 is 1.08 bits per heavy atom. The van der Waals surface area contributed by atoms with Crippen molar-refractivity contribution in [3.63, 3.8) is 0 Å². The van der Waals surface area contributed by atoms with Crippen LogP contribution in [0.4, 0.5) is 0 Å². The summed E-state index contributed by atoms with van der Waals surface area (Å²) in [4.78, 5) is 23.3. The first-order valence-electron chi connectivity index (χ1n) is 7.73. The molecule has 0 radical (unpaired) electrons. The Labute approximate surface area is 145 Å². The van der Waals surface area contributed by atoms with Gasteiger partial charge in [-0.05, 0) is 23.3 Å². The lowest BCUT2D eigenvalue weighted by atomic mass is 10.1. The van der Waals surface area contributed by atoms with Gasteiger partial charge in [0.25, 0.3) is 5.91 Å². The normalized spacial score (nSPS) is 11.2. The summed E-state index contributed by atoms with van der Waals surface area (Å²) in [5, 5.41) is 20.3. The first-order chi connectivity index (χ1) is 12.1. The molecule has 0 aliphatic carbocycles. The monoisotopic (exact) mass is 338 g/mol. The minimum atomic E-state index is -1.10. The number of nitrogens with one attached hydrogen (secondary N) is 1. The average Bonchev–Trinajstić information content (AvgIpc) is 2.61. The minimum Gasteiger partial charge on any atom is -0.484 e. The summed E-state index contributed by atoms with van der Waals surface area (Å²) in [6, 6.07) is 16.9. The summed E-state index contributed by atoms with van der Waals surface area (Å²) in [6.45, 7) is -0.282. The van der Waals surface area contributed by atoms with E-state index >= 15 is 0 Å². The number of carboxylic acids is 1. The molecule has 1 atom stereocenters. The zero-order chi connectivity index (χ0) is 18.1. The van der Waals surface area contributed by atoms with E-state index in [1.54, 1.807) is 36.4 Å². The van der Waals surface area contributed by atoms with Gasteiger partial charge < -0.3 is 15.2 Å². The molecular weight excluding hydrogens is 320 g/mol. The maximum atomic E-state index is 11.9. The average molecular weight is 338 g/mol. The van der Waals surface area contributed by atoms with Gasteiger partial charge in [0, 0.05) is 6.42 Å². The molecule has 0 spiro atoms. The van der Waals surface area contributed by atoms with Crippen molar-refractivity contribution in [2.75, 3.05) is 6.61 Å². The van der Waals surface area contributed by atoms with Crippen molar-refractivity contribution in [1.82, 2.24) is 5.32 Å². The molecule has 2 rings (SSSR count). The molecule has 0 aliphatic rings. The van der Waals surface area contributed by atoms with Crippen LogP contribution in [0, 0.1) is 11.3 Å². The zero-order valence-corrected chi connectivity index (χ0v) is 13.5. The van der Waals surface area contributed by atoms with E-state index in [9.17, 15) is 14.7 Å². The van der Waals surface area contributed by atoms with Crippen LogP contribution in [0.3, 0.4) is 0 Å². The highest BCUT2D eigenvalue weighted by Gasteiger charge is 2.20. The molecule has 1 amide bonds. The van der Waals surface area contributed by atoms with E-state index in [1.807, 2.05) is 24.3 Å². The molecule has 0 saturated carbocycles. The van der Waals surface area contributed by atoms with Gasteiger partial charge in [-0.2, -0.15) is 5.26 Å². The van der Waals surface area contributed by atoms with Crippen molar-refractivity contribution in [2.45, 2.75) is 18.9 Å². The lowest BCUT2D eigenvalue weighted by Crippen LogP contribution is -2.44. The molecule has 1 unspecified atom stereocenters. The highest BCUT2D eigenvalue weighted by molar-refractivity contribution is 5.84. The Morgan fingerprint density at radius 2 is 1.76 bits per heavy atom. The predicted octanol–water partition coefficient (Wildman–Crippen LogP) is 1.94. The second-order valence-corrected chi connectivity index (χ2v) is 5.42. The molecule has 0 saturated heterocycles. The Kier molecular flexibility index (Phi) is 6.55. The number of carbonyl (C=O) groups is 2. The molecule has 0 aromatic heterocycles. The number of amides is 1. The summed E-state index contributed by atoms with van der Waals surface area (Å²) >= 11 is 0. The highest BCUT2D eigenvalue weighted by atomic mass is 16.5. The van der Waals surface area contributed by atoms with Crippen molar-refractivity contribution in [3.8, 4) is 11.8 Å². The van der Waals surface area contributed by atoms with Crippen molar-refractivity contribution in [2.24, 2.45) is 0 Å². The fourth-order valence-corrected chi connectivity index (χ4v) is 2.23. The van der Waals surface area contributed by atoms with Gasteiger partial charge in [-0.25, -0.2) is 4.79 Å². The fraction of sp³-hybridized carbons (Fsp3) is 0.211. The van der Waals surface area contributed by atoms with Gasteiger partial charge in [-0.15, -0.1) is 0 Å². The molecule has 2 N–H and O–H groups in total. The largest absolute Gasteiger partial charge is 0.484 e. The number of benzene rings is 2. The molecule has 0 heterocycles. The minimum absolute atomic E-state index is 0.199. The third-order valence-electron chi connectivity index (χ3n) is 3.49. The number of nitrogens with zero attached hydrogens (tertiary/aromatic N) is 1. The van der Waals surface area contributed by atoms with E-state index in [0.717, 1.165) is 11.1 Å². The Balaban J connectivity index is 1.86.